The van der Waals surface area contributed by atoms with E-state index in [1.54, 1.807) is 28.4 Å². The fourth-order valence-electron chi connectivity index (χ4n) is 8.45. The maximum absolute atomic E-state index is 5.61. The molecule has 0 amide bonds. The van der Waals surface area contributed by atoms with E-state index in [1.165, 1.54) is 75.0 Å². The van der Waals surface area contributed by atoms with Crippen molar-refractivity contribution in [3.05, 3.63) is 152 Å². The summed E-state index contributed by atoms with van der Waals surface area (Å²) in [4.78, 5) is 2.48. The number of rotatable bonds is 37. The van der Waals surface area contributed by atoms with Crippen LogP contribution in [0.4, 0.5) is 0 Å². The second kappa shape index (κ2) is 37.9. The summed E-state index contributed by atoms with van der Waals surface area (Å²) in [7, 11) is 6.71. The van der Waals surface area contributed by atoms with Gasteiger partial charge in [-0.1, -0.05) is 117 Å². The summed E-state index contributed by atoms with van der Waals surface area (Å²) < 4.78 is 22.0. The van der Waals surface area contributed by atoms with Gasteiger partial charge in [-0.3, -0.25) is 4.90 Å². The Hall–Kier alpha value is -4.78. The van der Waals surface area contributed by atoms with E-state index in [0.717, 1.165) is 145 Å². The number of hydrogen-bond donors (Lipinski definition) is 1. The lowest BCUT2D eigenvalue weighted by atomic mass is 10.0. The number of ether oxygens (including phenoxy) is 4. The fourth-order valence-corrected chi connectivity index (χ4v) is 8.45. The zero-order chi connectivity index (χ0) is 52.2. The van der Waals surface area contributed by atoms with Crippen LogP contribution in [-0.2, 0) is 13.1 Å². The Morgan fingerprint density at radius 1 is 0.394 bits per heavy atom. The third-order valence-corrected chi connectivity index (χ3v) is 13.2. The Morgan fingerprint density at radius 2 is 0.704 bits per heavy atom. The van der Waals surface area contributed by atoms with Crippen molar-refractivity contribution >= 4 is 0 Å². The molecule has 0 saturated heterocycles. The summed E-state index contributed by atoms with van der Waals surface area (Å²) in [6.07, 6.45) is 40.2. The van der Waals surface area contributed by atoms with Crippen LogP contribution in [0.5, 0.6) is 23.0 Å². The molecule has 0 aliphatic carbocycles. The molecular formula is C65H100N2O4. The molecule has 0 radical (unpaired) electrons. The van der Waals surface area contributed by atoms with Crippen LogP contribution in [0, 0.1) is 0 Å². The molecule has 6 nitrogen and oxygen atoms in total. The van der Waals surface area contributed by atoms with E-state index in [9.17, 15) is 0 Å². The molecule has 0 spiro atoms. The highest BCUT2D eigenvalue weighted by molar-refractivity contribution is 5.43. The first-order valence-electron chi connectivity index (χ1n) is 26.9. The number of nitrogens with zero attached hydrogens (tertiary/aromatic N) is 1. The Morgan fingerprint density at radius 3 is 1.04 bits per heavy atom. The van der Waals surface area contributed by atoms with E-state index < -0.39 is 0 Å². The molecule has 0 atom stereocenters. The van der Waals surface area contributed by atoms with Crippen LogP contribution in [-0.4, -0.2) is 53.0 Å². The largest absolute Gasteiger partial charge is 0.493 e. The summed E-state index contributed by atoms with van der Waals surface area (Å²) in [5.74, 6) is 3.00. The van der Waals surface area contributed by atoms with Gasteiger partial charge in [0.25, 0.3) is 0 Å². The summed E-state index contributed by atoms with van der Waals surface area (Å²) in [6, 6.07) is 12.3. The summed E-state index contributed by atoms with van der Waals surface area (Å²) in [5.41, 5.74) is 15.8. The zero-order valence-corrected chi connectivity index (χ0v) is 47.6. The van der Waals surface area contributed by atoms with Gasteiger partial charge in [-0.15, -0.1) is 0 Å². The molecule has 71 heavy (non-hydrogen) atoms. The summed E-state index contributed by atoms with van der Waals surface area (Å²) in [5, 5.41) is 3.63. The van der Waals surface area contributed by atoms with E-state index >= 15 is 0 Å². The van der Waals surface area contributed by atoms with Crippen molar-refractivity contribution in [2.24, 2.45) is 0 Å². The van der Waals surface area contributed by atoms with Crippen LogP contribution in [0.2, 0.25) is 0 Å². The predicted octanol–water partition coefficient (Wildman–Crippen LogP) is 18.1. The molecule has 0 unspecified atom stereocenters. The number of methoxy groups -OCH3 is 4. The van der Waals surface area contributed by atoms with Gasteiger partial charge in [0.15, 0.2) is 23.0 Å². The van der Waals surface area contributed by atoms with Crippen LogP contribution in [0.15, 0.2) is 141 Å². The van der Waals surface area contributed by atoms with Gasteiger partial charge in [-0.25, -0.2) is 0 Å². The van der Waals surface area contributed by atoms with E-state index in [1.807, 2.05) is 18.2 Å². The van der Waals surface area contributed by atoms with Gasteiger partial charge in [-0.2, -0.15) is 0 Å². The molecule has 2 aromatic carbocycles. The molecule has 0 saturated carbocycles. The number of hydrogen-bond acceptors (Lipinski definition) is 6. The van der Waals surface area contributed by atoms with Gasteiger partial charge in [0.1, 0.15) is 0 Å². The molecule has 0 aliphatic rings. The average molecular weight is 974 g/mol. The molecule has 394 valence electrons. The topological polar surface area (TPSA) is 52.2 Å². The molecule has 1 N–H and O–H groups in total. The first-order chi connectivity index (χ1) is 34.1. The predicted molar refractivity (Wildman–Crippen MR) is 309 cm³/mol. The molecule has 6 heteroatoms. The van der Waals surface area contributed by atoms with Crippen molar-refractivity contribution in [3.8, 4) is 23.0 Å². The van der Waals surface area contributed by atoms with Crippen molar-refractivity contribution in [2.45, 2.75) is 185 Å². The molecular weight excluding hydrogens is 873 g/mol. The van der Waals surface area contributed by atoms with E-state index in [0.29, 0.717) is 0 Å². The van der Waals surface area contributed by atoms with Crippen LogP contribution >= 0.6 is 0 Å². The van der Waals surface area contributed by atoms with Gasteiger partial charge in [-0.05, 0) is 207 Å². The van der Waals surface area contributed by atoms with Crippen molar-refractivity contribution in [2.75, 3.05) is 48.1 Å². The van der Waals surface area contributed by atoms with Crippen molar-refractivity contribution in [1.82, 2.24) is 10.2 Å². The monoisotopic (exact) mass is 973 g/mol. The minimum Gasteiger partial charge on any atom is -0.493 e. The normalized spacial score (nSPS) is 13.6. The zero-order valence-electron chi connectivity index (χ0n) is 47.6. The summed E-state index contributed by atoms with van der Waals surface area (Å²) in [6.45, 7) is 26.9. The lowest BCUT2D eigenvalue weighted by Crippen LogP contribution is -2.32. The van der Waals surface area contributed by atoms with E-state index in [2.05, 4.69) is 152 Å². The first kappa shape index (κ1) is 62.3. The molecule has 2 aromatic rings. The minimum absolute atomic E-state index is 0.743. The van der Waals surface area contributed by atoms with E-state index in [-0.39, 0.29) is 0 Å². The third kappa shape index (κ3) is 30.0. The first-order valence-corrected chi connectivity index (χ1v) is 26.9. The van der Waals surface area contributed by atoms with Crippen molar-refractivity contribution in [1.29, 1.82) is 0 Å². The Kier molecular flexibility index (Phi) is 33.3. The second-order valence-corrected chi connectivity index (χ2v) is 20.3. The van der Waals surface area contributed by atoms with Crippen molar-refractivity contribution < 1.29 is 18.9 Å². The highest BCUT2D eigenvalue weighted by Crippen LogP contribution is 2.29. The molecule has 0 bridgehead atoms. The number of allylic oxidation sites excluding steroid dienone is 17. The van der Waals surface area contributed by atoms with Crippen LogP contribution in [0.3, 0.4) is 0 Å². The van der Waals surface area contributed by atoms with Crippen LogP contribution < -0.4 is 24.3 Å². The van der Waals surface area contributed by atoms with Gasteiger partial charge in [0.05, 0.1) is 28.4 Å². The quantitative estimate of drug-likeness (QED) is 0.0538. The highest BCUT2D eigenvalue weighted by atomic mass is 16.5. The molecule has 0 heterocycles. The lowest BCUT2D eigenvalue weighted by Gasteiger charge is -2.22. The highest BCUT2D eigenvalue weighted by Gasteiger charge is 2.10. The van der Waals surface area contributed by atoms with Crippen LogP contribution in [0.1, 0.15) is 183 Å². The minimum atomic E-state index is 0.743. The van der Waals surface area contributed by atoms with E-state index in [4.69, 9.17) is 18.9 Å². The van der Waals surface area contributed by atoms with Gasteiger partial charge in [0, 0.05) is 32.7 Å². The fraction of sp³-hybridized carbons (Fsp3) is 0.538. The molecule has 2 rings (SSSR count). The van der Waals surface area contributed by atoms with Gasteiger partial charge >= 0.3 is 0 Å². The van der Waals surface area contributed by atoms with Crippen LogP contribution in [0.25, 0.3) is 0 Å². The van der Waals surface area contributed by atoms with Gasteiger partial charge in [0.2, 0.25) is 0 Å². The number of benzene rings is 2. The SMILES string of the molecule is COc1ccc(CNCCN(C/C=C(\C)CC/C=C(\C)CC/C=C(\C)CC/C=C(\C)CC/C=C(\C)CC/C=C(\C)CC/C=C(\C)CC/C=C(/C)CCC=C(C)C)Cc2ccc(OC)c(OC)c2)cc1OC. The standard InChI is InChI=1S/C65H100N2O4/c1-51(2)23-15-24-52(3)25-16-26-53(4)27-17-28-54(5)29-18-30-55(6)31-19-32-56(7)33-20-34-57(8)35-21-36-58(9)37-22-38-59(10)43-45-67(50-61-40-42-63(69-12)65(48-61)71-14)46-44-66-49-60-39-41-62(68-11)64(47-60)70-13/h23,25,27,29,31,33,35,37,39-43,47-48,66H,15-22,24,26,28,30,32,34,36,38,44-46,49-50H2,1-14H3/b52-25-,53-27+,54-29+,55-31+,56-33+,57-35+,58-37+,59-43+. The van der Waals surface area contributed by atoms with Crippen molar-refractivity contribution in [3.63, 3.8) is 0 Å². The third-order valence-electron chi connectivity index (χ3n) is 13.2. The summed E-state index contributed by atoms with van der Waals surface area (Å²) >= 11 is 0. The molecule has 0 aromatic heterocycles. The Labute approximate surface area is 435 Å². The Balaban J connectivity index is 1.72. The lowest BCUT2D eigenvalue weighted by molar-refractivity contribution is 0.291. The molecule has 0 aliphatic heterocycles. The average Bonchev–Trinajstić information content (AvgIpc) is 3.34. The molecule has 0 fully saturated rings. The number of nitrogens with one attached hydrogen (secondary N) is 1. The second-order valence-electron chi connectivity index (χ2n) is 20.3. The smallest absolute Gasteiger partial charge is 0.161 e. The maximum Gasteiger partial charge on any atom is 0.161 e. The Bertz CT molecular complexity index is 2120. The van der Waals surface area contributed by atoms with Gasteiger partial charge < -0.3 is 24.3 Å². The maximum atomic E-state index is 5.61.